The normalized spacial score (nSPS) is 14.3. The summed E-state index contributed by atoms with van der Waals surface area (Å²) in [7, 11) is 0. The van der Waals surface area contributed by atoms with Gasteiger partial charge in [-0.05, 0) is 48.9 Å². The Morgan fingerprint density at radius 3 is 2.76 bits per heavy atom. The summed E-state index contributed by atoms with van der Waals surface area (Å²) in [4.78, 5) is 2.53. The molecule has 0 aromatic heterocycles. The molecule has 1 aromatic carbocycles. The molecule has 0 spiro atoms. The SMILES string of the molecule is CCCN(CCBr)Cc1ccc2c(c1)CCC2. The van der Waals surface area contributed by atoms with Crippen molar-refractivity contribution in [1.82, 2.24) is 4.90 Å². The van der Waals surface area contributed by atoms with E-state index in [2.05, 4.69) is 46.0 Å². The standard InChI is InChI=1S/C15H22BrN/c1-2-9-17(10-8-16)12-13-6-7-14-4-3-5-15(14)11-13/h6-7,11H,2-5,8-10,12H2,1H3. The van der Waals surface area contributed by atoms with Crippen LogP contribution in [-0.4, -0.2) is 23.3 Å². The van der Waals surface area contributed by atoms with Gasteiger partial charge in [-0.2, -0.15) is 0 Å². The molecule has 0 aliphatic heterocycles. The quantitative estimate of drug-likeness (QED) is 0.722. The van der Waals surface area contributed by atoms with Crippen LogP contribution in [0.25, 0.3) is 0 Å². The highest BCUT2D eigenvalue weighted by atomic mass is 79.9. The zero-order chi connectivity index (χ0) is 12.1. The summed E-state index contributed by atoms with van der Waals surface area (Å²) >= 11 is 3.54. The van der Waals surface area contributed by atoms with Crippen molar-refractivity contribution in [2.75, 3.05) is 18.4 Å². The third-order valence-electron chi connectivity index (χ3n) is 3.51. The van der Waals surface area contributed by atoms with Crippen molar-refractivity contribution in [3.05, 3.63) is 34.9 Å². The minimum absolute atomic E-state index is 1.07. The number of nitrogens with zero attached hydrogens (tertiary/aromatic N) is 1. The number of rotatable bonds is 6. The van der Waals surface area contributed by atoms with Gasteiger partial charge < -0.3 is 0 Å². The highest BCUT2D eigenvalue weighted by Gasteiger charge is 2.12. The van der Waals surface area contributed by atoms with Crippen molar-refractivity contribution >= 4 is 15.9 Å². The van der Waals surface area contributed by atoms with Crippen molar-refractivity contribution in [1.29, 1.82) is 0 Å². The number of aryl methyl sites for hydroxylation is 2. The Bertz CT molecular complexity index is 356. The Kier molecular flexibility index (Phi) is 5.05. The first-order valence-electron chi connectivity index (χ1n) is 6.72. The Labute approximate surface area is 113 Å². The average molecular weight is 296 g/mol. The third-order valence-corrected chi connectivity index (χ3v) is 3.86. The van der Waals surface area contributed by atoms with Crippen molar-refractivity contribution in [2.24, 2.45) is 0 Å². The van der Waals surface area contributed by atoms with Gasteiger partial charge >= 0.3 is 0 Å². The molecular weight excluding hydrogens is 274 g/mol. The molecule has 0 unspecified atom stereocenters. The van der Waals surface area contributed by atoms with E-state index in [-0.39, 0.29) is 0 Å². The van der Waals surface area contributed by atoms with Crippen LogP contribution in [0, 0.1) is 0 Å². The molecule has 1 aromatic rings. The molecule has 0 heterocycles. The van der Waals surface area contributed by atoms with Gasteiger partial charge in [0.2, 0.25) is 0 Å². The Morgan fingerprint density at radius 1 is 1.18 bits per heavy atom. The van der Waals surface area contributed by atoms with Crippen molar-refractivity contribution in [3.63, 3.8) is 0 Å². The number of halogens is 1. The van der Waals surface area contributed by atoms with E-state index < -0.39 is 0 Å². The molecule has 0 amide bonds. The van der Waals surface area contributed by atoms with Crippen LogP contribution in [0.5, 0.6) is 0 Å². The van der Waals surface area contributed by atoms with E-state index in [9.17, 15) is 0 Å². The molecule has 94 valence electrons. The monoisotopic (exact) mass is 295 g/mol. The molecule has 1 nitrogen and oxygen atoms in total. The van der Waals surface area contributed by atoms with Gasteiger partial charge in [-0.15, -0.1) is 0 Å². The lowest BCUT2D eigenvalue weighted by molar-refractivity contribution is 0.283. The van der Waals surface area contributed by atoms with E-state index in [0.717, 1.165) is 18.4 Å². The first-order chi connectivity index (χ1) is 8.33. The predicted octanol–water partition coefficient (Wildman–Crippen LogP) is 3.78. The lowest BCUT2D eigenvalue weighted by Gasteiger charge is -2.21. The minimum atomic E-state index is 1.07. The molecule has 1 aliphatic carbocycles. The molecule has 0 bridgehead atoms. The summed E-state index contributed by atoms with van der Waals surface area (Å²) in [6, 6.07) is 7.09. The maximum absolute atomic E-state index is 3.54. The Balaban J connectivity index is 2.01. The van der Waals surface area contributed by atoms with Gasteiger partial charge in [-0.1, -0.05) is 41.1 Å². The molecule has 0 radical (unpaired) electrons. The molecule has 2 heteroatoms. The molecular formula is C15H22BrN. The van der Waals surface area contributed by atoms with Crippen molar-refractivity contribution in [3.8, 4) is 0 Å². The van der Waals surface area contributed by atoms with Gasteiger partial charge in [0.15, 0.2) is 0 Å². The molecule has 0 atom stereocenters. The van der Waals surface area contributed by atoms with Gasteiger partial charge in [0.05, 0.1) is 0 Å². The summed E-state index contributed by atoms with van der Waals surface area (Å²) in [5.41, 5.74) is 4.66. The molecule has 17 heavy (non-hydrogen) atoms. The average Bonchev–Trinajstić information content (AvgIpc) is 2.77. The zero-order valence-electron chi connectivity index (χ0n) is 10.7. The summed E-state index contributed by atoms with van der Waals surface area (Å²) < 4.78 is 0. The second-order valence-corrected chi connectivity index (χ2v) is 5.71. The van der Waals surface area contributed by atoms with E-state index in [4.69, 9.17) is 0 Å². The summed E-state index contributed by atoms with van der Waals surface area (Å²) in [5, 5.41) is 1.07. The third kappa shape index (κ3) is 3.56. The van der Waals surface area contributed by atoms with Crippen LogP contribution >= 0.6 is 15.9 Å². The van der Waals surface area contributed by atoms with Crippen molar-refractivity contribution in [2.45, 2.75) is 39.2 Å². The van der Waals surface area contributed by atoms with Crippen molar-refractivity contribution < 1.29 is 0 Å². The van der Waals surface area contributed by atoms with Crippen LogP contribution in [0.4, 0.5) is 0 Å². The molecule has 0 fully saturated rings. The smallest absolute Gasteiger partial charge is 0.0234 e. The minimum Gasteiger partial charge on any atom is -0.298 e. The van der Waals surface area contributed by atoms with Crippen LogP contribution in [0.3, 0.4) is 0 Å². The number of hydrogen-bond acceptors (Lipinski definition) is 1. The number of hydrogen-bond donors (Lipinski definition) is 0. The maximum atomic E-state index is 3.54. The van der Waals surface area contributed by atoms with Crippen LogP contribution in [-0.2, 0) is 19.4 Å². The van der Waals surface area contributed by atoms with E-state index in [1.54, 1.807) is 11.1 Å². The van der Waals surface area contributed by atoms with Gasteiger partial charge in [0.1, 0.15) is 0 Å². The lowest BCUT2D eigenvalue weighted by atomic mass is 10.1. The highest BCUT2D eigenvalue weighted by Crippen LogP contribution is 2.23. The maximum Gasteiger partial charge on any atom is 0.0234 e. The fraction of sp³-hybridized carbons (Fsp3) is 0.600. The number of fused-ring (bicyclic) bond motifs is 1. The summed E-state index contributed by atoms with van der Waals surface area (Å²) in [6.07, 6.45) is 5.15. The highest BCUT2D eigenvalue weighted by molar-refractivity contribution is 9.09. The molecule has 0 saturated carbocycles. The molecule has 2 rings (SSSR count). The number of benzene rings is 1. The van der Waals surface area contributed by atoms with Crippen LogP contribution in [0.1, 0.15) is 36.5 Å². The fourth-order valence-corrected chi connectivity index (χ4v) is 3.19. The summed E-state index contributed by atoms with van der Waals surface area (Å²) in [6.45, 7) is 5.70. The topological polar surface area (TPSA) is 3.24 Å². The Morgan fingerprint density at radius 2 is 2.00 bits per heavy atom. The Hall–Kier alpha value is -0.340. The van der Waals surface area contributed by atoms with Gasteiger partial charge in [-0.3, -0.25) is 4.90 Å². The van der Waals surface area contributed by atoms with Gasteiger partial charge in [-0.25, -0.2) is 0 Å². The first kappa shape index (κ1) is 13.1. The van der Waals surface area contributed by atoms with Gasteiger partial charge in [0, 0.05) is 18.4 Å². The second kappa shape index (κ2) is 6.55. The van der Waals surface area contributed by atoms with E-state index >= 15 is 0 Å². The van der Waals surface area contributed by atoms with Crippen LogP contribution < -0.4 is 0 Å². The largest absolute Gasteiger partial charge is 0.298 e. The molecule has 0 saturated heterocycles. The first-order valence-corrected chi connectivity index (χ1v) is 7.84. The van der Waals surface area contributed by atoms with Crippen LogP contribution in [0.2, 0.25) is 0 Å². The second-order valence-electron chi connectivity index (χ2n) is 4.92. The molecule has 1 aliphatic rings. The van der Waals surface area contributed by atoms with E-state index in [1.807, 2.05) is 0 Å². The zero-order valence-corrected chi connectivity index (χ0v) is 12.3. The lowest BCUT2D eigenvalue weighted by Crippen LogP contribution is -2.26. The predicted molar refractivity (Wildman–Crippen MR) is 77.8 cm³/mol. The van der Waals surface area contributed by atoms with Gasteiger partial charge in [0.25, 0.3) is 0 Å². The van der Waals surface area contributed by atoms with E-state index in [0.29, 0.717) is 0 Å². The fourth-order valence-electron chi connectivity index (χ4n) is 2.69. The number of alkyl halides is 1. The summed E-state index contributed by atoms with van der Waals surface area (Å²) in [5.74, 6) is 0. The molecule has 0 N–H and O–H groups in total. The van der Waals surface area contributed by atoms with E-state index in [1.165, 1.54) is 37.8 Å². The van der Waals surface area contributed by atoms with Crippen LogP contribution in [0.15, 0.2) is 18.2 Å².